The molecule has 0 unspecified atom stereocenters. The van der Waals surface area contributed by atoms with Crippen LogP contribution in [0.3, 0.4) is 0 Å². The molecule has 1 aromatic carbocycles. The van der Waals surface area contributed by atoms with Gasteiger partial charge in [-0.3, -0.25) is 0 Å². The highest BCUT2D eigenvalue weighted by molar-refractivity contribution is 7.71. The Balaban J connectivity index is 2.22. The van der Waals surface area contributed by atoms with Crippen molar-refractivity contribution < 1.29 is 4.74 Å². The van der Waals surface area contributed by atoms with Crippen LogP contribution in [0.2, 0.25) is 0 Å². The Bertz CT molecular complexity index is 768. The zero-order valence-corrected chi connectivity index (χ0v) is 13.8. The highest BCUT2D eigenvalue weighted by Crippen LogP contribution is 2.31. The van der Waals surface area contributed by atoms with E-state index >= 15 is 0 Å². The number of hydrogen-bond donors (Lipinski definition) is 1. The molecule has 1 atom stereocenters. The van der Waals surface area contributed by atoms with Crippen molar-refractivity contribution in [3.63, 3.8) is 0 Å². The lowest BCUT2D eigenvalue weighted by Gasteiger charge is -2.26. The van der Waals surface area contributed by atoms with Gasteiger partial charge in [0, 0.05) is 19.1 Å². The SMILES string of the molecule is COc1ccc2c3c1[nH]c(=S)n3C[C@H](C)N(C=C(C)C)C2. The maximum atomic E-state index is 5.51. The quantitative estimate of drug-likeness (QED) is 0.856. The van der Waals surface area contributed by atoms with Gasteiger partial charge < -0.3 is 19.2 Å². The van der Waals surface area contributed by atoms with E-state index in [4.69, 9.17) is 17.0 Å². The summed E-state index contributed by atoms with van der Waals surface area (Å²) in [6, 6.07) is 4.55. The third-order valence-corrected chi connectivity index (χ3v) is 4.30. The van der Waals surface area contributed by atoms with Gasteiger partial charge in [-0.15, -0.1) is 0 Å². The van der Waals surface area contributed by atoms with Crippen LogP contribution in [0.4, 0.5) is 0 Å². The lowest BCUT2D eigenvalue weighted by molar-refractivity contribution is 0.267. The van der Waals surface area contributed by atoms with E-state index in [2.05, 4.69) is 47.5 Å². The maximum Gasteiger partial charge on any atom is 0.178 e. The highest BCUT2D eigenvalue weighted by Gasteiger charge is 2.22. The van der Waals surface area contributed by atoms with Gasteiger partial charge in [0.15, 0.2) is 4.77 Å². The van der Waals surface area contributed by atoms with Gasteiger partial charge in [0.1, 0.15) is 11.3 Å². The second-order valence-corrected chi connectivity index (χ2v) is 6.31. The summed E-state index contributed by atoms with van der Waals surface area (Å²) in [6.07, 6.45) is 2.24. The van der Waals surface area contributed by atoms with Crippen LogP contribution in [0.1, 0.15) is 26.3 Å². The van der Waals surface area contributed by atoms with E-state index in [1.54, 1.807) is 7.11 Å². The number of rotatable bonds is 2. The van der Waals surface area contributed by atoms with Crippen LogP contribution in [0.5, 0.6) is 5.75 Å². The molecular weight excluding hydrogens is 282 g/mol. The number of H-pyrrole nitrogens is 1. The predicted octanol–water partition coefficient (Wildman–Crippen LogP) is 3.84. The molecule has 0 aliphatic carbocycles. The van der Waals surface area contributed by atoms with E-state index < -0.39 is 0 Å². The van der Waals surface area contributed by atoms with Crippen molar-refractivity contribution in [2.24, 2.45) is 0 Å². The van der Waals surface area contributed by atoms with Crippen LogP contribution < -0.4 is 4.74 Å². The topological polar surface area (TPSA) is 33.2 Å². The minimum absolute atomic E-state index is 0.393. The third kappa shape index (κ3) is 2.35. The van der Waals surface area contributed by atoms with Gasteiger partial charge in [-0.05, 0) is 50.8 Å². The predicted molar refractivity (Wildman–Crippen MR) is 88.1 cm³/mol. The van der Waals surface area contributed by atoms with Crippen molar-refractivity contribution in [3.8, 4) is 5.75 Å². The molecule has 0 bridgehead atoms. The molecule has 2 heterocycles. The molecule has 0 fully saturated rings. The first-order valence-electron chi connectivity index (χ1n) is 7.20. The molecule has 1 N–H and O–H groups in total. The number of nitrogens with zero attached hydrogens (tertiary/aromatic N) is 2. The molecule has 2 aromatic rings. The number of methoxy groups -OCH3 is 1. The van der Waals surface area contributed by atoms with E-state index in [-0.39, 0.29) is 0 Å². The summed E-state index contributed by atoms with van der Waals surface area (Å²) >= 11 is 5.51. The standard InChI is InChI=1S/C16H21N3OS/c1-10(2)7-18-9-12-5-6-13(20-4)14-15(12)19(8-11(18)3)16(21)17-14/h5-7,11H,8-9H2,1-4H3,(H,17,21)/t11-/m0/s1. The number of nitrogens with one attached hydrogen (secondary N) is 1. The number of imidazole rings is 1. The van der Waals surface area contributed by atoms with Gasteiger partial charge in [0.05, 0.1) is 12.6 Å². The van der Waals surface area contributed by atoms with Gasteiger partial charge in [-0.2, -0.15) is 0 Å². The summed E-state index contributed by atoms with van der Waals surface area (Å²) in [4.78, 5) is 5.69. The van der Waals surface area contributed by atoms with Crippen molar-refractivity contribution in [2.45, 2.75) is 39.9 Å². The van der Waals surface area contributed by atoms with Crippen LogP contribution >= 0.6 is 12.2 Å². The smallest absolute Gasteiger partial charge is 0.178 e. The number of aromatic nitrogens is 2. The molecule has 0 spiro atoms. The fraction of sp³-hybridized carbons (Fsp3) is 0.438. The zero-order chi connectivity index (χ0) is 15.1. The van der Waals surface area contributed by atoms with Crippen molar-refractivity contribution in [3.05, 3.63) is 34.2 Å². The fourth-order valence-corrected chi connectivity index (χ4v) is 3.29. The van der Waals surface area contributed by atoms with Gasteiger partial charge in [-0.1, -0.05) is 11.6 Å². The fourth-order valence-electron chi connectivity index (χ4n) is 3.02. The molecule has 21 heavy (non-hydrogen) atoms. The largest absolute Gasteiger partial charge is 0.494 e. The van der Waals surface area contributed by atoms with Crippen LogP contribution in [-0.2, 0) is 13.1 Å². The number of benzene rings is 1. The van der Waals surface area contributed by atoms with Gasteiger partial charge in [0.25, 0.3) is 0 Å². The molecular formula is C16H21N3OS. The summed E-state index contributed by atoms with van der Waals surface area (Å²) in [6.45, 7) is 8.27. The van der Waals surface area contributed by atoms with Crippen LogP contribution in [-0.4, -0.2) is 27.6 Å². The minimum Gasteiger partial charge on any atom is -0.494 e. The van der Waals surface area contributed by atoms with Crippen molar-refractivity contribution in [1.29, 1.82) is 0 Å². The second-order valence-electron chi connectivity index (χ2n) is 5.92. The van der Waals surface area contributed by atoms with Crippen molar-refractivity contribution >= 4 is 23.3 Å². The Labute approximate surface area is 130 Å². The molecule has 4 nitrogen and oxygen atoms in total. The molecule has 0 saturated heterocycles. The number of ether oxygens (including phenoxy) is 1. The molecule has 1 aliphatic heterocycles. The van der Waals surface area contributed by atoms with Gasteiger partial charge in [0.2, 0.25) is 0 Å². The monoisotopic (exact) mass is 303 g/mol. The summed E-state index contributed by atoms with van der Waals surface area (Å²) in [7, 11) is 1.69. The molecule has 1 aliphatic rings. The minimum atomic E-state index is 0.393. The van der Waals surface area contributed by atoms with Gasteiger partial charge >= 0.3 is 0 Å². The summed E-state index contributed by atoms with van der Waals surface area (Å²) < 4.78 is 8.43. The highest BCUT2D eigenvalue weighted by atomic mass is 32.1. The van der Waals surface area contributed by atoms with Crippen molar-refractivity contribution in [1.82, 2.24) is 14.5 Å². The Morgan fingerprint density at radius 3 is 2.86 bits per heavy atom. The molecule has 0 saturated carbocycles. The molecule has 0 amide bonds. The first kappa shape index (κ1) is 14.2. The average Bonchev–Trinajstić information content (AvgIpc) is 2.67. The average molecular weight is 303 g/mol. The molecule has 3 rings (SSSR count). The summed E-state index contributed by atoms with van der Waals surface area (Å²) in [5.74, 6) is 0.849. The Kier molecular flexibility index (Phi) is 3.53. The lowest BCUT2D eigenvalue weighted by atomic mass is 10.1. The van der Waals surface area contributed by atoms with E-state index in [0.29, 0.717) is 6.04 Å². The van der Waals surface area contributed by atoms with Crippen LogP contribution in [0, 0.1) is 4.77 Å². The van der Waals surface area contributed by atoms with E-state index in [9.17, 15) is 0 Å². The summed E-state index contributed by atoms with van der Waals surface area (Å²) in [5, 5.41) is 0. The third-order valence-electron chi connectivity index (χ3n) is 3.98. The number of hydrogen-bond acceptors (Lipinski definition) is 3. The van der Waals surface area contributed by atoms with Crippen molar-refractivity contribution in [2.75, 3.05) is 7.11 Å². The Morgan fingerprint density at radius 2 is 2.19 bits per heavy atom. The number of allylic oxidation sites excluding steroid dienone is 1. The van der Waals surface area contributed by atoms with E-state index in [0.717, 1.165) is 29.1 Å². The lowest BCUT2D eigenvalue weighted by Crippen LogP contribution is -2.29. The normalized spacial score (nSPS) is 17.7. The maximum absolute atomic E-state index is 5.51. The number of aromatic amines is 1. The summed E-state index contributed by atoms with van der Waals surface area (Å²) in [5.41, 5.74) is 4.77. The molecule has 5 heteroatoms. The first-order chi connectivity index (χ1) is 10.0. The first-order valence-corrected chi connectivity index (χ1v) is 7.61. The molecule has 112 valence electrons. The molecule has 0 radical (unpaired) electrons. The zero-order valence-electron chi connectivity index (χ0n) is 12.9. The van der Waals surface area contributed by atoms with Gasteiger partial charge in [-0.25, -0.2) is 0 Å². The Hall–Kier alpha value is -1.75. The van der Waals surface area contributed by atoms with E-state index in [1.165, 1.54) is 16.7 Å². The Morgan fingerprint density at radius 1 is 1.43 bits per heavy atom. The van der Waals surface area contributed by atoms with E-state index in [1.807, 2.05) is 6.07 Å². The van der Waals surface area contributed by atoms with Crippen LogP contribution in [0.25, 0.3) is 11.0 Å². The second kappa shape index (κ2) is 5.22. The van der Waals surface area contributed by atoms with Crippen LogP contribution in [0.15, 0.2) is 23.9 Å². The molecule has 1 aromatic heterocycles.